The van der Waals surface area contributed by atoms with E-state index in [2.05, 4.69) is 29.5 Å². The van der Waals surface area contributed by atoms with Crippen molar-refractivity contribution in [3.05, 3.63) is 18.5 Å². The van der Waals surface area contributed by atoms with Crippen molar-refractivity contribution in [1.82, 2.24) is 19.6 Å². The Labute approximate surface area is 161 Å². The van der Waals surface area contributed by atoms with Gasteiger partial charge in [-0.25, -0.2) is 23.1 Å². The van der Waals surface area contributed by atoms with Crippen LogP contribution < -0.4 is 15.4 Å². The summed E-state index contributed by atoms with van der Waals surface area (Å²) in [6.07, 6.45) is 8.70. The minimum Gasteiger partial charge on any atom is -0.370 e. The van der Waals surface area contributed by atoms with Crippen LogP contribution in [0.2, 0.25) is 0 Å². The molecule has 3 N–H and O–H groups in total. The van der Waals surface area contributed by atoms with Gasteiger partial charge in [0.25, 0.3) is 0 Å². The summed E-state index contributed by atoms with van der Waals surface area (Å²) in [5, 5.41) is 0. The van der Waals surface area contributed by atoms with Crippen LogP contribution in [-0.4, -0.2) is 74.3 Å². The molecule has 150 valence electrons. The molecule has 0 bridgehead atoms. The first-order valence-corrected chi connectivity index (χ1v) is 11.4. The SMILES string of the molecule is CS(=O)(=O)NC1CCCCC1CN=C(N)N1CCN(c2ncccn2)CC1. The normalized spacial score (nSPS) is 24.9. The average molecular weight is 396 g/mol. The van der Waals surface area contributed by atoms with Gasteiger partial charge in [0, 0.05) is 51.2 Å². The molecule has 1 aromatic heterocycles. The zero-order chi connectivity index (χ0) is 19.3. The number of sulfonamides is 1. The van der Waals surface area contributed by atoms with Crippen LogP contribution in [0.5, 0.6) is 0 Å². The van der Waals surface area contributed by atoms with Crippen LogP contribution in [0.25, 0.3) is 0 Å². The minimum absolute atomic E-state index is 0.0441. The van der Waals surface area contributed by atoms with Gasteiger partial charge in [0.2, 0.25) is 16.0 Å². The summed E-state index contributed by atoms with van der Waals surface area (Å²) < 4.78 is 25.9. The fourth-order valence-corrected chi connectivity index (χ4v) is 4.62. The van der Waals surface area contributed by atoms with E-state index >= 15 is 0 Å². The molecular weight excluding hydrogens is 366 g/mol. The van der Waals surface area contributed by atoms with Crippen molar-refractivity contribution < 1.29 is 8.42 Å². The first kappa shape index (κ1) is 19.8. The van der Waals surface area contributed by atoms with E-state index in [0.29, 0.717) is 12.5 Å². The van der Waals surface area contributed by atoms with E-state index in [4.69, 9.17) is 5.73 Å². The lowest BCUT2D eigenvalue weighted by Crippen LogP contribution is -2.52. The van der Waals surface area contributed by atoms with Gasteiger partial charge in [0.15, 0.2) is 5.96 Å². The number of rotatable bonds is 5. The highest BCUT2D eigenvalue weighted by Gasteiger charge is 2.27. The zero-order valence-electron chi connectivity index (χ0n) is 15.8. The maximum atomic E-state index is 11.6. The van der Waals surface area contributed by atoms with Crippen molar-refractivity contribution in [2.24, 2.45) is 16.6 Å². The third-order valence-corrected chi connectivity index (χ3v) is 5.93. The summed E-state index contributed by atoms with van der Waals surface area (Å²) in [5.74, 6) is 1.47. The summed E-state index contributed by atoms with van der Waals surface area (Å²) in [4.78, 5) is 17.4. The van der Waals surface area contributed by atoms with Crippen molar-refractivity contribution in [2.45, 2.75) is 31.7 Å². The van der Waals surface area contributed by atoms with Crippen LogP contribution in [0.3, 0.4) is 0 Å². The lowest BCUT2D eigenvalue weighted by Gasteiger charge is -2.35. The average Bonchev–Trinajstić information content (AvgIpc) is 2.67. The van der Waals surface area contributed by atoms with Crippen molar-refractivity contribution in [3.8, 4) is 0 Å². The van der Waals surface area contributed by atoms with Crippen molar-refractivity contribution in [3.63, 3.8) is 0 Å². The fraction of sp³-hybridized carbons (Fsp3) is 0.706. The maximum Gasteiger partial charge on any atom is 0.225 e. The van der Waals surface area contributed by atoms with Crippen LogP contribution >= 0.6 is 0 Å². The highest BCUT2D eigenvalue weighted by atomic mass is 32.2. The van der Waals surface area contributed by atoms with Gasteiger partial charge >= 0.3 is 0 Å². The molecule has 0 aromatic carbocycles. The third-order valence-electron chi connectivity index (χ3n) is 5.20. The Hall–Kier alpha value is -1.94. The minimum atomic E-state index is -3.21. The maximum absolute atomic E-state index is 11.6. The standard InChI is InChI=1S/C17H29N7O2S/c1-27(25,26)22-15-6-3-2-5-14(15)13-21-16(18)23-9-11-24(12-10-23)17-19-7-4-8-20-17/h4,7-8,14-15,22H,2-3,5-6,9-13H2,1H3,(H2,18,21). The molecule has 1 aromatic rings. The van der Waals surface area contributed by atoms with E-state index in [-0.39, 0.29) is 12.0 Å². The molecule has 0 amide bonds. The Morgan fingerprint density at radius 1 is 1.22 bits per heavy atom. The number of nitrogens with two attached hydrogens (primary N) is 1. The second kappa shape index (κ2) is 8.83. The topological polar surface area (TPSA) is 117 Å². The molecule has 2 atom stereocenters. The lowest BCUT2D eigenvalue weighted by molar-refractivity contribution is 0.295. The van der Waals surface area contributed by atoms with E-state index in [1.165, 1.54) is 6.26 Å². The first-order valence-electron chi connectivity index (χ1n) is 9.46. The lowest BCUT2D eigenvalue weighted by atomic mass is 9.85. The molecule has 0 radical (unpaired) electrons. The number of hydrogen-bond donors (Lipinski definition) is 2. The van der Waals surface area contributed by atoms with Crippen LogP contribution in [0.1, 0.15) is 25.7 Å². The highest BCUT2D eigenvalue weighted by Crippen LogP contribution is 2.25. The molecule has 10 heteroatoms. The monoisotopic (exact) mass is 395 g/mol. The molecule has 3 rings (SSSR count). The van der Waals surface area contributed by atoms with Crippen molar-refractivity contribution >= 4 is 21.9 Å². The fourth-order valence-electron chi connectivity index (χ4n) is 3.76. The summed E-state index contributed by atoms with van der Waals surface area (Å²) in [7, 11) is -3.21. The highest BCUT2D eigenvalue weighted by molar-refractivity contribution is 7.88. The largest absolute Gasteiger partial charge is 0.370 e. The van der Waals surface area contributed by atoms with E-state index in [1.807, 2.05) is 6.07 Å². The van der Waals surface area contributed by atoms with Crippen LogP contribution in [0.4, 0.5) is 5.95 Å². The molecule has 0 spiro atoms. The Morgan fingerprint density at radius 3 is 2.56 bits per heavy atom. The number of guanidine groups is 1. The first-order chi connectivity index (χ1) is 12.9. The Balaban J connectivity index is 1.53. The summed E-state index contributed by atoms with van der Waals surface area (Å²) in [6, 6.07) is 1.76. The molecule has 2 heterocycles. The molecule has 9 nitrogen and oxygen atoms in total. The van der Waals surface area contributed by atoms with E-state index in [0.717, 1.165) is 57.8 Å². The molecule has 1 saturated carbocycles. The molecular formula is C17H29N7O2S. The Kier molecular flexibility index (Phi) is 6.48. The van der Waals surface area contributed by atoms with Crippen LogP contribution in [-0.2, 0) is 10.0 Å². The Bertz CT molecular complexity index is 733. The molecule has 1 aliphatic heterocycles. The van der Waals surface area contributed by atoms with Gasteiger partial charge < -0.3 is 15.5 Å². The van der Waals surface area contributed by atoms with Crippen LogP contribution in [0, 0.1) is 5.92 Å². The predicted octanol–water partition coefficient (Wildman–Crippen LogP) is 0.0213. The summed E-state index contributed by atoms with van der Waals surface area (Å²) in [6.45, 7) is 3.68. The quantitative estimate of drug-likeness (QED) is 0.533. The van der Waals surface area contributed by atoms with E-state index in [9.17, 15) is 8.42 Å². The summed E-state index contributed by atoms with van der Waals surface area (Å²) in [5.41, 5.74) is 6.21. The van der Waals surface area contributed by atoms with Gasteiger partial charge in [0.05, 0.1) is 6.26 Å². The number of piperazine rings is 1. The molecule has 2 fully saturated rings. The summed E-state index contributed by atoms with van der Waals surface area (Å²) >= 11 is 0. The second-order valence-corrected chi connectivity index (χ2v) is 9.04. The number of nitrogens with zero attached hydrogens (tertiary/aromatic N) is 5. The molecule has 1 saturated heterocycles. The van der Waals surface area contributed by atoms with E-state index < -0.39 is 10.0 Å². The number of nitrogens with one attached hydrogen (secondary N) is 1. The second-order valence-electron chi connectivity index (χ2n) is 7.26. The van der Waals surface area contributed by atoms with Crippen molar-refractivity contribution in [2.75, 3.05) is 43.9 Å². The number of aromatic nitrogens is 2. The number of anilines is 1. The van der Waals surface area contributed by atoms with Gasteiger partial charge in [-0.3, -0.25) is 4.99 Å². The van der Waals surface area contributed by atoms with Gasteiger partial charge in [-0.1, -0.05) is 12.8 Å². The Morgan fingerprint density at radius 2 is 1.89 bits per heavy atom. The number of hydrogen-bond acceptors (Lipinski definition) is 6. The van der Waals surface area contributed by atoms with Crippen molar-refractivity contribution in [1.29, 1.82) is 0 Å². The third kappa shape index (κ3) is 5.77. The number of aliphatic imine (C=N–C) groups is 1. The molecule has 1 aliphatic carbocycles. The van der Waals surface area contributed by atoms with E-state index in [1.54, 1.807) is 12.4 Å². The molecule has 2 aliphatic rings. The molecule has 2 unspecified atom stereocenters. The zero-order valence-corrected chi connectivity index (χ0v) is 16.6. The van der Waals surface area contributed by atoms with Gasteiger partial charge in [-0.15, -0.1) is 0 Å². The smallest absolute Gasteiger partial charge is 0.225 e. The van der Waals surface area contributed by atoms with Gasteiger partial charge in [-0.2, -0.15) is 0 Å². The predicted molar refractivity (Wildman–Crippen MR) is 106 cm³/mol. The van der Waals surface area contributed by atoms with Crippen LogP contribution in [0.15, 0.2) is 23.5 Å². The van der Waals surface area contributed by atoms with Gasteiger partial charge in [0.1, 0.15) is 0 Å². The van der Waals surface area contributed by atoms with Gasteiger partial charge in [-0.05, 0) is 24.8 Å². The molecule has 27 heavy (non-hydrogen) atoms.